The number of carbonyl (C=O) groups excluding carboxylic acids is 2. The Balaban J connectivity index is 1.22. The standard InChI is InChI=1S/C33H35F3N2O4/c1-20(39)42-32-15-14-25(37(2)28(40)13-10-21-8-11-24(12-9-21)33(34,35)36)30-31(32)16-17-38(19-22-6-7-22)27(32)18-23-4-3-5-26(41-30)29(23)31/h3-5,8-13,22,25,27,30H,6-7,14-19H2,1-2H3/t25-,27-,30+,31+,32-/m1/s1. The van der Waals surface area contributed by atoms with Gasteiger partial charge in [-0.05, 0) is 86.4 Å². The van der Waals surface area contributed by atoms with Crippen molar-refractivity contribution in [3.05, 3.63) is 70.8 Å². The number of piperidine rings is 1. The molecule has 42 heavy (non-hydrogen) atoms. The molecule has 0 unspecified atom stereocenters. The Labute approximate surface area is 243 Å². The molecule has 5 aliphatic rings. The lowest BCUT2D eigenvalue weighted by Gasteiger charge is -2.65. The zero-order chi connectivity index (χ0) is 29.4. The number of ether oxygens (including phenoxy) is 2. The van der Waals surface area contributed by atoms with E-state index in [-0.39, 0.29) is 30.1 Å². The number of hydrogen-bond donors (Lipinski definition) is 0. The van der Waals surface area contributed by atoms with E-state index in [4.69, 9.17) is 9.47 Å². The number of amides is 1. The van der Waals surface area contributed by atoms with Gasteiger partial charge in [0.05, 0.1) is 23.1 Å². The normalized spacial score (nSPS) is 31.4. The van der Waals surface area contributed by atoms with Crippen LogP contribution in [-0.4, -0.2) is 65.6 Å². The van der Waals surface area contributed by atoms with Crippen LogP contribution in [0.3, 0.4) is 0 Å². The van der Waals surface area contributed by atoms with Gasteiger partial charge in [0.25, 0.3) is 0 Å². The lowest BCUT2D eigenvalue weighted by atomic mass is 9.48. The topological polar surface area (TPSA) is 59.1 Å². The van der Waals surface area contributed by atoms with Gasteiger partial charge in [0.15, 0.2) is 0 Å². The summed E-state index contributed by atoms with van der Waals surface area (Å²) < 4.78 is 52.1. The molecule has 1 saturated heterocycles. The van der Waals surface area contributed by atoms with E-state index in [9.17, 15) is 22.8 Å². The van der Waals surface area contributed by atoms with Crippen LogP contribution in [0.5, 0.6) is 5.75 Å². The summed E-state index contributed by atoms with van der Waals surface area (Å²) in [5, 5.41) is 0. The fraction of sp³-hybridized carbons (Fsp3) is 0.515. The third kappa shape index (κ3) is 4.10. The molecule has 2 bridgehead atoms. The van der Waals surface area contributed by atoms with E-state index in [1.54, 1.807) is 18.0 Å². The molecule has 0 radical (unpaired) electrons. The van der Waals surface area contributed by atoms with Crippen LogP contribution >= 0.6 is 0 Å². The Morgan fingerprint density at radius 1 is 1.12 bits per heavy atom. The van der Waals surface area contributed by atoms with Gasteiger partial charge in [-0.1, -0.05) is 24.3 Å². The Morgan fingerprint density at radius 2 is 1.88 bits per heavy atom. The fourth-order valence-corrected chi connectivity index (χ4v) is 8.49. The van der Waals surface area contributed by atoms with E-state index >= 15 is 0 Å². The molecule has 1 amide bonds. The summed E-state index contributed by atoms with van der Waals surface area (Å²) in [5.74, 6) is 0.973. The number of benzene rings is 2. The first-order chi connectivity index (χ1) is 20.0. The largest absolute Gasteiger partial charge is 0.487 e. The number of alkyl halides is 3. The summed E-state index contributed by atoms with van der Waals surface area (Å²) in [6, 6.07) is 10.7. The Morgan fingerprint density at radius 3 is 2.57 bits per heavy atom. The SMILES string of the molecule is CC(=O)O[C@@]12CC[C@@H](N(C)C(=O)C=Cc3ccc(C(F)(F)F)cc3)[C@@H]3Oc4cccc5c4[C@@]31CCN(CC1CC1)[C@@H]2C5. The molecule has 1 spiro atoms. The van der Waals surface area contributed by atoms with Crippen molar-refractivity contribution in [3.8, 4) is 5.75 Å². The lowest BCUT2D eigenvalue weighted by Crippen LogP contribution is -2.79. The van der Waals surface area contributed by atoms with Gasteiger partial charge < -0.3 is 14.4 Å². The lowest BCUT2D eigenvalue weighted by molar-refractivity contribution is -0.223. The maximum atomic E-state index is 13.5. The molecule has 3 fully saturated rings. The second-order valence-corrected chi connectivity index (χ2v) is 12.7. The van der Waals surface area contributed by atoms with Crippen LogP contribution in [0.15, 0.2) is 48.5 Å². The molecule has 2 aromatic carbocycles. The Kier molecular flexibility index (Phi) is 6.28. The summed E-state index contributed by atoms with van der Waals surface area (Å²) in [6.45, 7) is 3.39. The van der Waals surface area contributed by atoms with E-state index < -0.39 is 22.8 Å². The number of likely N-dealkylation sites (tertiary alicyclic amines) is 1. The second kappa shape index (κ2) is 9.59. The highest BCUT2D eigenvalue weighted by atomic mass is 19.4. The number of esters is 1. The van der Waals surface area contributed by atoms with Crippen molar-refractivity contribution in [3.63, 3.8) is 0 Å². The predicted molar refractivity (Wildman–Crippen MR) is 150 cm³/mol. The Hall–Kier alpha value is -3.33. The zero-order valence-corrected chi connectivity index (χ0v) is 23.8. The molecular weight excluding hydrogens is 545 g/mol. The van der Waals surface area contributed by atoms with Gasteiger partial charge in [-0.2, -0.15) is 13.2 Å². The summed E-state index contributed by atoms with van der Waals surface area (Å²) in [5.41, 5.74) is 0.847. The fourth-order valence-electron chi connectivity index (χ4n) is 8.49. The van der Waals surface area contributed by atoms with Crippen LogP contribution in [-0.2, 0) is 32.3 Å². The minimum Gasteiger partial charge on any atom is -0.487 e. The first-order valence-electron chi connectivity index (χ1n) is 14.9. The molecule has 0 N–H and O–H groups in total. The smallest absolute Gasteiger partial charge is 0.416 e. The summed E-state index contributed by atoms with van der Waals surface area (Å²) >= 11 is 0. The van der Waals surface area contributed by atoms with Crippen LogP contribution in [0.4, 0.5) is 13.2 Å². The van der Waals surface area contributed by atoms with E-state index in [1.165, 1.54) is 43.5 Å². The molecular formula is C33H35F3N2O4. The number of rotatable bonds is 6. The molecule has 5 atom stereocenters. The van der Waals surface area contributed by atoms with Crippen LogP contribution in [0.1, 0.15) is 61.3 Å². The first kappa shape index (κ1) is 27.5. The molecule has 2 aromatic rings. The average Bonchev–Trinajstić information content (AvgIpc) is 3.70. The minimum atomic E-state index is -4.41. The van der Waals surface area contributed by atoms with Crippen molar-refractivity contribution in [2.75, 3.05) is 20.1 Å². The first-order valence-corrected chi connectivity index (χ1v) is 14.9. The van der Waals surface area contributed by atoms with Crippen LogP contribution in [0, 0.1) is 5.92 Å². The number of carbonyl (C=O) groups is 2. The maximum Gasteiger partial charge on any atom is 0.416 e. The number of halogens is 3. The quantitative estimate of drug-likeness (QED) is 0.339. The third-order valence-corrected chi connectivity index (χ3v) is 10.4. The Bertz CT molecular complexity index is 1450. The average molecular weight is 581 g/mol. The highest BCUT2D eigenvalue weighted by molar-refractivity contribution is 5.92. The van der Waals surface area contributed by atoms with Crippen LogP contribution < -0.4 is 4.74 Å². The van der Waals surface area contributed by atoms with Crippen molar-refractivity contribution in [2.45, 2.75) is 80.8 Å². The van der Waals surface area contributed by atoms with E-state index in [2.05, 4.69) is 11.0 Å². The highest BCUT2D eigenvalue weighted by Crippen LogP contribution is 2.66. The van der Waals surface area contributed by atoms with E-state index in [1.807, 2.05) is 12.1 Å². The van der Waals surface area contributed by atoms with Crippen molar-refractivity contribution in [1.82, 2.24) is 9.80 Å². The molecule has 9 heteroatoms. The molecule has 7 rings (SSSR count). The van der Waals surface area contributed by atoms with Crippen molar-refractivity contribution in [2.24, 2.45) is 5.92 Å². The summed E-state index contributed by atoms with van der Waals surface area (Å²) in [6.07, 6.45) is 3.44. The van der Waals surface area contributed by atoms with Gasteiger partial charge in [-0.15, -0.1) is 0 Å². The molecule has 2 saturated carbocycles. The van der Waals surface area contributed by atoms with E-state index in [0.29, 0.717) is 24.3 Å². The summed E-state index contributed by atoms with van der Waals surface area (Å²) in [7, 11) is 1.76. The predicted octanol–water partition coefficient (Wildman–Crippen LogP) is 5.38. The van der Waals surface area contributed by atoms with Gasteiger partial charge in [-0.25, -0.2) is 0 Å². The van der Waals surface area contributed by atoms with Crippen molar-refractivity contribution in [1.29, 1.82) is 0 Å². The molecule has 0 aromatic heterocycles. The molecule has 222 valence electrons. The second-order valence-electron chi connectivity index (χ2n) is 12.7. The van der Waals surface area contributed by atoms with Crippen LogP contribution in [0.2, 0.25) is 0 Å². The monoisotopic (exact) mass is 580 g/mol. The zero-order valence-electron chi connectivity index (χ0n) is 23.8. The molecule has 2 aliphatic heterocycles. The maximum absolute atomic E-state index is 13.5. The molecule has 2 heterocycles. The number of hydrogen-bond acceptors (Lipinski definition) is 5. The van der Waals surface area contributed by atoms with Gasteiger partial charge in [0, 0.05) is 32.2 Å². The van der Waals surface area contributed by atoms with Crippen molar-refractivity contribution < 1.29 is 32.2 Å². The summed E-state index contributed by atoms with van der Waals surface area (Å²) in [4.78, 5) is 30.5. The third-order valence-electron chi connectivity index (χ3n) is 10.4. The van der Waals surface area contributed by atoms with Crippen molar-refractivity contribution >= 4 is 18.0 Å². The molecule has 6 nitrogen and oxygen atoms in total. The minimum absolute atomic E-state index is 0.0456. The molecule has 3 aliphatic carbocycles. The van der Waals surface area contributed by atoms with Gasteiger partial charge >= 0.3 is 12.1 Å². The van der Waals surface area contributed by atoms with Crippen LogP contribution in [0.25, 0.3) is 6.08 Å². The highest BCUT2D eigenvalue weighted by Gasteiger charge is 2.75. The van der Waals surface area contributed by atoms with Gasteiger partial charge in [0.2, 0.25) is 5.91 Å². The van der Waals surface area contributed by atoms with E-state index in [0.717, 1.165) is 49.4 Å². The number of nitrogens with zero attached hydrogens (tertiary/aromatic N) is 2. The number of likely N-dealkylation sites (N-methyl/N-ethyl adjacent to an activating group) is 1. The van der Waals surface area contributed by atoms with Gasteiger partial charge in [0.1, 0.15) is 17.5 Å². The van der Waals surface area contributed by atoms with Gasteiger partial charge in [-0.3, -0.25) is 14.5 Å².